The van der Waals surface area contributed by atoms with Crippen molar-refractivity contribution >= 4 is 28.8 Å². The Labute approximate surface area is 155 Å². The molecule has 0 bridgehead atoms. The van der Waals surface area contributed by atoms with Crippen LogP contribution in [-0.2, 0) is 4.79 Å². The van der Waals surface area contributed by atoms with Crippen LogP contribution in [0.15, 0.2) is 46.9 Å². The number of benzene rings is 2. The van der Waals surface area contributed by atoms with Crippen LogP contribution < -0.4 is 14.8 Å². The van der Waals surface area contributed by atoms with Crippen molar-refractivity contribution in [1.29, 1.82) is 5.26 Å². The van der Waals surface area contributed by atoms with Crippen molar-refractivity contribution in [3.05, 3.63) is 53.9 Å². The first-order chi connectivity index (χ1) is 13.1. The van der Waals surface area contributed by atoms with Crippen molar-refractivity contribution in [2.24, 2.45) is 0 Å². The molecule has 0 radical (unpaired) electrons. The molecule has 136 valence electrons. The van der Waals surface area contributed by atoms with E-state index in [-0.39, 0.29) is 12.5 Å². The molecule has 27 heavy (non-hydrogen) atoms. The highest BCUT2D eigenvalue weighted by molar-refractivity contribution is 6.02. The van der Waals surface area contributed by atoms with Gasteiger partial charge in [0.15, 0.2) is 29.6 Å². The average molecular weight is 363 g/mol. The number of ether oxygens (including phenoxy) is 2. The van der Waals surface area contributed by atoms with E-state index in [4.69, 9.17) is 19.2 Å². The molecule has 0 aliphatic rings. The molecule has 7 heteroatoms. The molecule has 1 N–H and O–H groups in total. The predicted molar refractivity (Wildman–Crippen MR) is 101 cm³/mol. The van der Waals surface area contributed by atoms with Gasteiger partial charge < -0.3 is 19.2 Å². The Morgan fingerprint density at radius 2 is 2.15 bits per heavy atom. The summed E-state index contributed by atoms with van der Waals surface area (Å²) in [5.74, 6) is 1.25. The molecule has 3 aromatic rings. The van der Waals surface area contributed by atoms with E-state index in [1.807, 2.05) is 6.07 Å². The first-order valence-corrected chi connectivity index (χ1v) is 8.13. The van der Waals surface area contributed by atoms with E-state index in [0.717, 1.165) is 5.56 Å². The molecule has 0 aliphatic carbocycles. The molecule has 0 fully saturated rings. The maximum Gasteiger partial charge on any atom is 0.248 e. The fraction of sp³-hybridized carbons (Fsp3) is 0.150. The second kappa shape index (κ2) is 8.06. The zero-order valence-electron chi connectivity index (χ0n) is 14.9. The lowest BCUT2D eigenvalue weighted by Gasteiger charge is -2.08. The number of methoxy groups -OCH3 is 1. The molecular formula is C20H17N3O4. The van der Waals surface area contributed by atoms with Gasteiger partial charge in [0.25, 0.3) is 0 Å². The summed E-state index contributed by atoms with van der Waals surface area (Å²) in [6.45, 7) is 1.70. The predicted octanol–water partition coefficient (Wildman–Crippen LogP) is 3.70. The second-order valence-electron chi connectivity index (χ2n) is 5.60. The van der Waals surface area contributed by atoms with Gasteiger partial charge in [-0.3, -0.25) is 4.79 Å². The van der Waals surface area contributed by atoms with Gasteiger partial charge in [-0.1, -0.05) is 6.07 Å². The minimum Gasteiger partial charge on any atom is -0.493 e. The Morgan fingerprint density at radius 3 is 2.93 bits per heavy atom. The molecule has 7 nitrogen and oxygen atoms in total. The van der Waals surface area contributed by atoms with Crippen LogP contribution in [0.3, 0.4) is 0 Å². The Kier molecular flexibility index (Phi) is 5.38. The van der Waals surface area contributed by atoms with Crippen LogP contribution in [-0.4, -0.2) is 24.6 Å². The van der Waals surface area contributed by atoms with Crippen LogP contribution in [0, 0.1) is 18.3 Å². The van der Waals surface area contributed by atoms with E-state index >= 15 is 0 Å². The summed E-state index contributed by atoms with van der Waals surface area (Å²) < 4.78 is 15.9. The molecular weight excluding hydrogens is 346 g/mol. The number of rotatable bonds is 6. The molecule has 1 aromatic heterocycles. The third-order valence-corrected chi connectivity index (χ3v) is 3.67. The minimum absolute atomic E-state index is 0.0661. The van der Waals surface area contributed by atoms with Crippen molar-refractivity contribution in [2.75, 3.05) is 19.0 Å². The Bertz CT molecular complexity index is 1050. The lowest BCUT2D eigenvalue weighted by Crippen LogP contribution is -2.07. The number of aromatic nitrogens is 1. The van der Waals surface area contributed by atoms with Gasteiger partial charge in [-0.15, -0.1) is 0 Å². The fourth-order valence-corrected chi connectivity index (χ4v) is 2.49. The van der Waals surface area contributed by atoms with Crippen molar-refractivity contribution in [2.45, 2.75) is 6.92 Å². The van der Waals surface area contributed by atoms with Crippen molar-refractivity contribution in [3.8, 4) is 17.6 Å². The van der Waals surface area contributed by atoms with Crippen molar-refractivity contribution in [1.82, 2.24) is 4.98 Å². The standard InChI is InChI=1S/C20H17N3O4/c1-13-22-16-12-15(5-7-17(16)27-13)23-20(24)8-4-14-3-6-18(26-10-9-21)19(11-14)25-2/h3-8,11-12H,10H2,1-2H3,(H,23,24)/b8-4+. The summed E-state index contributed by atoms with van der Waals surface area (Å²) in [5.41, 5.74) is 2.75. The molecule has 0 aliphatic heterocycles. The van der Waals surface area contributed by atoms with Gasteiger partial charge in [-0.2, -0.15) is 5.26 Å². The normalized spacial score (nSPS) is 10.7. The first-order valence-electron chi connectivity index (χ1n) is 8.13. The zero-order valence-corrected chi connectivity index (χ0v) is 14.9. The highest BCUT2D eigenvalue weighted by atomic mass is 16.5. The number of nitrogens with one attached hydrogen (secondary N) is 1. The minimum atomic E-state index is -0.279. The topological polar surface area (TPSA) is 97.4 Å². The summed E-state index contributed by atoms with van der Waals surface area (Å²) in [6.07, 6.45) is 3.08. The second-order valence-corrected chi connectivity index (χ2v) is 5.60. The van der Waals surface area contributed by atoms with Crippen LogP contribution in [0.25, 0.3) is 17.2 Å². The van der Waals surface area contributed by atoms with Crippen LogP contribution in [0.4, 0.5) is 5.69 Å². The molecule has 2 aromatic carbocycles. The van der Waals surface area contributed by atoms with Crippen molar-refractivity contribution < 1.29 is 18.7 Å². The van der Waals surface area contributed by atoms with Crippen LogP contribution >= 0.6 is 0 Å². The van der Waals surface area contributed by atoms with E-state index in [2.05, 4.69) is 10.3 Å². The van der Waals surface area contributed by atoms with E-state index in [9.17, 15) is 4.79 Å². The molecule has 1 amide bonds. The van der Waals surface area contributed by atoms with E-state index in [1.165, 1.54) is 13.2 Å². The summed E-state index contributed by atoms with van der Waals surface area (Å²) in [6, 6.07) is 12.4. The van der Waals surface area contributed by atoms with Crippen molar-refractivity contribution in [3.63, 3.8) is 0 Å². The van der Waals surface area contributed by atoms with Gasteiger partial charge in [-0.25, -0.2) is 4.98 Å². The number of hydrogen-bond acceptors (Lipinski definition) is 6. The van der Waals surface area contributed by atoms with Crippen LogP contribution in [0.5, 0.6) is 11.5 Å². The van der Waals surface area contributed by atoms with E-state index in [0.29, 0.717) is 34.2 Å². The number of oxazole rings is 1. The third kappa shape index (κ3) is 4.44. The van der Waals surface area contributed by atoms with E-state index < -0.39 is 0 Å². The summed E-state index contributed by atoms with van der Waals surface area (Å²) in [4.78, 5) is 16.4. The summed E-state index contributed by atoms with van der Waals surface area (Å²) >= 11 is 0. The van der Waals surface area contributed by atoms with E-state index in [1.54, 1.807) is 49.4 Å². The number of amides is 1. The number of nitrogens with zero attached hydrogens (tertiary/aromatic N) is 2. The number of fused-ring (bicyclic) bond motifs is 1. The molecule has 1 heterocycles. The maximum atomic E-state index is 12.2. The largest absolute Gasteiger partial charge is 0.493 e. The molecule has 0 atom stereocenters. The quantitative estimate of drug-likeness (QED) is 0.671. The van der Waals surface area contributed by atoms with Gasteiger partial charge in [0, 0.05) is 18.7 Å². The lowest BCUT2D eigenvalue weighted by molar-refractivity contribution is -0.111. The number of carbonyl (C=O) groups excluding carboxylic acids is 1. The Balaban J connectivity index is 1.69. The Morgan fingerprint density at radius 1 is 1.30 bits per heavy atom. The SMILES string of the molecule is COc1cc(/C=C/C(=O)Nc2ccc3oc(C)nc3c2)ccc1OCC#N. The molecule has 0 saturated carbocycles. The highest BCUT2D eigenvalue weighted by Gasteiger charge is 2.06. The summed E-state index contributed by atoms with van der Waals surface area (Å²) in [5, 5.41) is 11.4. The first kappa shape index (κ1) is 18.0. The molecule has 0 spiro atoms. The van der Waals surface area contributed by atoms with Crippen LogP contribution in [0.2, 0.25) is 0 Å². The number of carbonyl (C=O) groups is 1. The Hall–Kier alpha value is -3.79. The van der Waals surface area contributed by atoms with Gasteiger partial charge in [0.1, 0.15) is 11.6 Å². The van der Waals surface area contributed by atoms with Gasteiger partial charge in [-0.05, 0) is 42.0 Å². The number of anilines is 1. The number of nitriles is 1. The average Bonchev–Trinajstić information content (AvgIpc) is 3.04. The van der Waals surface area contributed by atoms with Gasteiger partial charge in [0.2, 0.25) is 5.91 Å². The fourth-order valence-electron chi connectivity index (χ4n) is 2.49. The third-order valence-electron chi connectivity index (χ3n) is 3.67. The highest BCUT2D eigenvalue weighted by Crippen LogP contribution is 2.28. The van der Waals surface area contributed by atoms with Gasteiger partial charge >= 0.3 is 0 Å². The summed E-state index contributed by atoms with van der Waals surface area (Å²) in [7, 11) is 1.51. The maximum absolute atomic E-state index is 12.2. The molecule has 0 unspecified atom stereocenters. The smallest absolute Gasteiger partial charge is 0.248 e. The van der Waals surface area contributed by atoms with Crippen LogP contribution in [0.1, 0.15) is 11.5 Å². The van der Waals surface area contributed by atoms with Gasteiger partial charge in [0.05, 0.1) is 7.11 Å². The zero-order chi connectivity index (χ0) is 19.2. The molecule has 0 saturated heterocycles. The number of aryl methyl sites for hydroxylation is 1. The molecule has 3 rings (SSSR count). The lowest BCUT2D eigenvalue weighted by atomic mass is 10.2. The monoisotopic (exact) mass is 363 g/mol. The number of hydrogen-bond donors (Lipinski definition) is 1.